The molecule has 6 nitrogen and oxygen atoms in total. The molecule has 0 aliphatic rings. The molecule has 0 saturated heterocycles. The minimum atomic E-state index is -0.0951. The second kappa shape index (κ2) is 6.12. The van der Waals surface area contributed by atoms with E-state index in [2.05, 4.69) is 15.8 Å². The molecule has 1 amide bonds. The number of H-pyrrole nitrogens is 1. The summed E-state index contributed by atoms with van der Waals surface area (Å²) < 4.78 is 0. The predicted molar refractivity (Wildman–Crippen MR) is 80.3 cm³/mol. The summed E-state index contributed by atoms with van der Waals surface area (Å²) in [7, 11) is 5.49. The van der Waals surface area contributed by atoms with Gasteiger partial charge in [-0.25, -0.2) is 5.01 Å². The molecule has 0 spiro atoms. The number of carbonyl (C=O) groups excluding carboxylic acids is 1. The number of carbonyl (C=O) groups is 1. The number of benzene rings is 1. The lowest BCUT2D eigenvalue weighted by molar-refractivity contribution is 0.0825. The number of hydrazine groups is 2. The molecular formula is C14H19N5O. The van der Waals surface area contributed by atoms with Crippen LogP contribution in [-0.4, -0.2) is 42.1 Å². The molecule has 0 aliphatic heterocycles. The van der Waals surface area contributed by atoms with E-state index in [-0.39, 0.29) is 5.91 Å². The van der Waals surface area contributed by atoms with Crippen molar-refractivity contribution >= 4 is 17.5 Å². The van der Waals surface area contributed by atoms with Crippen LogP contribution in [0.4, 0.5) is 11.6 Å². The summed E-state index contributed by atoms with van der Waals surface area (Å²) in [5, 5.41) is 3.27. The van der Waals surface area contributed by atoms with Crippen LogP contribution in [0.15, 0.2) is 42.5 Å². The number of nitrogens with zero attached hydrogens (tertiary/aromatic N) is 2. The average Bonchev–Trinajstić information content (AvgIpc) is 2.85. The van der Waals surface area contributed by atoms with Gasteiger partial charge in [0.1, 0.15) is 11.6 Å². The third kappa shape index (κ3) is 3.52. The van der Waals surface area contributed by atoms with Crippen LogP contribution in [0.3, 0.4) is 0 Å². The molecule has 1 aromatic carbocycles. The zero-order valence-electron chi connectivity index (χ0n) is 11.8. The average molecular weight is 273 g/mol. The van der Waals surface area contributed by atoms with Gasteiger partial charge in [-0.15, -0.1) is 0 Å². The van der Waals surface area contributed by atoms with Crippen LogP contribution in [0, 0.1) is 0 Å². The molecule has 3 N–H and O–H groups in total. The van der Waals surface area contributed by atoms with E-state index in [4.69, 9.17) is 0 Å². The first-order chi connectivity index (χ1) is 9.56. The second-order valence-corrected chi connectivity index (χ2v) is 4.63. The fourth-order valence-electron chi connectivity index (χ4n) is 1.77. The number of amides is 1. The van der Waals surface area contributed by atoms with E-state index in [1.165, 1.54) is 5.01 Å². The van der Waals surface area contributed by atoms with Crippen molar-refractivity contribution in [2.24, 2.45) is 0 Å². The van der Waals surface area contributed by atoms with Gasteiger partial charge in [-0.2, -0.15) is 0 Å². The van der Waals surface area contributed by atoms with Gasteiger partial charge in [0.15, 0.2) is 0 Å². The van der Waals surface area contributed by atoms with Crippen molar-refractivity contribution in [1.29, 1.82) is 0 Å². The Balaban J connectivity index is 1.99. The maximum atomic E-state index is 12.2. The molecule has 106 valence electrons. The molecule has 1 heterocycles. The molecule has 0 bridgehead atoms. The van der Waals surface area contributed by atoms with E-state index in [0.29, 0.717) is 5.56 Å². The molecule has 0 unspecified atom stereocenters. The van der Waals surface area contributed by atoms with Crippen LogP contribution >= 0.6 is 0 Å². The lowest BCUT2D eigenvalue weighted by Gasteiger charge is -2.18. The summed E-state index contributed by atoms with van der Waals surface area (Å²) in [6.45, 7) is 0. The molecule has 2 aromatic rings. The lowest BCUT2D eigenvalue weighted by Crippen LogP contribution is -2.32. The Bertz CT molecular complexity index is 564. The molecule has 1 aromatic heterocycles. The fraction of sp³-hybridized carbons (Fsp3) is 0.214. The van der Waals surface area contributed by atoms with Crippen molar-refractivity contribution in [2.45, 2.75) is 0 Å². The highest BCUT2D eigenvalue weighted by atomic mass is 16.2. The molecule has 2 rings (SSSR count). The van der Waals surface area contributed by atoms with Crippen LogP contribution in [0.2, 0.25) is 0 Å². The molecule has 0 saturated carbocycles. The highest BCUT2D eigenvalue weighted by molar-refractivity contribution is 5.94. The topological polar surface area (TPSA) is 63.4 Å². The number of aromatic amines is 1. The molecule has 0 atom stereocenters. The van der Waals surface area contributed by atoms with Crippen LogP contribution < -0.4 is 10.9 Å². The summed E-state index contributed by atoms with van der Waals surface area (Å²) in [6, 6.07) is 12.9. The van der Waals surface area contributed by atoms with E-state index >= 15 is 0 Å². The van der Waals surface area contributed by atoms with Crippen molar-refractivity contribution in [3.8, 4) is 0 Å². The van der Waals surface area contributed by atoms with Gasteiger partial charge < -0.3 is 10.4 Å². The monoisotopic (exact) mass is 273 g/mol. The number of anilines is 2. The smallest absolute Gasteiger partial charge is 0.271 e. The summed E-state index contributed by atoms with van der Waals surface area (Å²) >= 11 is 0. The molecule has 20 heavy (non-hydrogen) atoms. The van der Waals surface area contributed by atoms with Gasteiger partial charge in [0.05, 0.1) is 0 Å². The Morgan fingerprint density at radius 2 is 1.55 bits per heavy atom. The molecule has 0 fully saturated rings. The van der Waals surface area contributed by atoms with Crippen LogP contribution in [0.1, 0.15) is 10.4 Å². The van der Waals surface area contributed by atoms with E-state index in [1.54, 1.807) is 19.2 Å². The predicted octanol–water partition coefficient (Wildman–Crippen LogP) is 2.00. The highest BCUT2D eigenvalue weighted by Gasteiger charge is 2.11. The first-order valence-corrected chi connectivity index (χ1v) is 6.29. The Morgan fingerprint density at radius 1 is 0.950 bits per heavy atom. The van der Waals surface area contributed by atoms with Gasteiger partial charge >= 0.3 is 0 Å². The third-order valence-electron chi connectivity index (χ3n) is 2.64. The molecule has 0 aliphatic carbocycles. The second-order valence-electron chi connectivity index (χ2n) is 4.63. The Labute approximate surface area is 118 Å². The van der Waals surface area contributed by atoms with Crippen molar-refractivity contribution in [3.05, 3.63) is 48.0 Å². The minimum Gasteiger partial charge on any atom is -0.326 e. The van der Waals surface area contributed by atoms with Crippen LogP contribution in [-0.2, 0) is 0 Å². The molecular weight excluding hydrogens is 254 g/mol. The third-order valence-corrected chi connectivity index (χ3v) is 2.64. The van der Waals surface area contributed by atoms with Crippen LogP contribution in [0.25, 0.3) is 0 Å². The SMILES string of the molecule is CN(C)Nc1ccc(NN(C)C(=O)c2ccccc2)[nH]1. The zero-order chi connectivity index (χ0) is 14.5. The van der Waals surface area contributed by atoms with Crippen molar-refractivity contribution in [2.75, 3.05) is 32.0 Å². The number of hydrogen-bond donors (Lipinski definition) is 3. The standard InChI is InChI=1S/C14H19N5O/c1-18(2)16-12-9-10-13(15-12)17-19(3)14(20)11-7-5-4-6-8-11/h4-10,15-17H,1-3H3. The summed E-state index contributed by atoms with van der Waals surface area (Å²) in [5.41, 5.74) is 6.74. The van der Waals surface area contributed by atoms with Gasteiger partial charge in [-0.3, -0.25) is 15.2 Å². The summed E-state index contributed by atoms with van der Waals surface area (Å²) in [4.78, 5) is 15.3. The molecule has 6 heteroatoms. The Morgan fingerprint density at radius 3 is 2.15 bits per heavy atom. The first kappa shape index (κ1) is 14.0. The van der Waals surface area contributed by atoms with E-state index in [1.807, 2.05) is 49.4 Å². The quantitative estimate of drug-likeness (QED) is 0.729. The van der Waals surface area contributed by atoms with Gasteiger partial charge in [-0.05, 0) is 24.3 Å². The Hall–Kier alpha value is -2.47. The van der Waals surface area contributed by atoms with E-state index < -0.39 is 0 Å². The van der Waals surface area contributed by atoms with Gasteiger partial charge in [0.25, 0.3) is 5.91 Å². The summed E-state index contributed by atoms with van der Waals surface area (Å²) in [6.07, 6.45) is 0. The number of hydrogen-bond acceptors (Lipinski definition) is 4. The van der Waals surface area contributed by atoms with Crippen molar-refractivity contribution in [1.82, 2.24) is 15.0 Å². The van der Waals surface area contributed by atoms with Crippen molar-refractivity contribution < 1.29 is 4.79 Å². The van der Waals surface area contributed by atoms with Crippen LogP contribution in [0.5, 0.6) is 0 Å². The normalized spacial score (nSPS) is 10.4. The van der Waals surface area contributed by atoms with Gasteiger partial charge in [0.2, 0.25) is 0 Å². The Kier molecular flexibility index (Phi) is 4.27. The van der Waals surface area contributed by atoms with Crippen molar-refractivity contribution in [3.63, 3.8) is 0 Å². The fourth-order valence-corrected chi connectivity index (χ4v) is 1.77. The lowest BCUT2D eigenvalue weighted by atomic mass is 10.2. The van der Waals surface area contributed by atoms with E-state index in [9.17, 15) is 4.79 Å². The number of nitrogens with one attached hydrogen (secondary N) is 3. The largest absolute Gasteiger partial charge is 0.326 e. The zero-order valence-corrected chi connectivity index (χ0v) is 11.8. The maximum Gasteiger partial charge on any atom is 0.271 e. The summed E-state index contributed by atoms with van der Waals surface area (Å²) in [5.74, 6) is 1.49. The highest BCUT2D eigenvalue weighted by Crippen LogP contribution is 2.13. The number of aromatic nitrogens is 1. The number of rotatable bonds is 5. The minimum absolute atomic E-state index is 0.0951. The van der Waals surface area contributed by atoms with E-state index in [0.717, 1.165) is 11.6 Å². The van der Waals surface area contributed by atoms with Gasteiger partial charge in [-0.1, -0.05) is 18.2 Å². The van der Waals surface area contributed by atoms with Gasteiger partial charge in [0, 0.05) is 26.7 Å². The maximum absolute atomic E-state index is 12.2. The molecule has 0 radical (unpaired) electrons. The first-order valence-electron chi connectivity index (χ1n) is 6.29.